The Balaban J connectivity index is 4.48. The zero-order valence-electron chi connectivity index (χ0n) is 13.4. The van der Waals surface area contributed by atoms with Crippen molar-refractivity contribution in [3.63, 3.8) is 0 Å². The summed E-state index contributed by atoms with van der Waals surface area (Å²) in [6.07, 6.45) is -13.4. The molecule has 0 saturated heterocycles. The first-order valence-electron chi connectivity index (χ1n) is 7.41. The van der Waals surface area contributed by atoms with Gasteiger partial charge in [-0.2, -0.15) is 0 Å². The molecule has 0 radical (unpaired) electrons. The molecule has 0 spiro atoms. The predicted octanol–water partition coefficient (Wildman–Crippen LogP) is -6.21. The van der Waals surface area contributed by atoms with Gasteiger partial charge in [0.15, 0.2) is 0 Å². The molecule has 0 aromatic carbocycles. The van der Waals surface area contributed by atoms with Gasteiger partial charge >= 0.3 is 0 Å². The van der Waals surface area contributed by atoms with Crippen LogP contribution in [0.15, 0.2) is 0 Å². The largest absolute Gasteiger partial charge is 0.394 e. The third kappa shape index (κ3) is 7.21. The maximum absolute atomic E-state index is 9.78. The summed E-state index contributed by atoms with van der Waals surface area (Å²) >= 11 is 0. The van der Waals surface area contributed by atoms with Gasteiger partial charge in [0.25, 0.3) is 0 Å². The van der Waals surface area contributed by atoms with Crippen LogP contribution in [0.5, 0.6) is 0 Å². The number of aliphatic hydroxyl groups excluding tert-OH is 10. The van der Waals surface area contributed by atoms with E-state index in [9.17, 15) is 40.9 Å². The van der Waals surface area contributed by atoms with Crippen LogP contribution in [0.25, 0.3) is 0 Å². The monoisotopic (exact) mass is 359 g/mol. The van der Waals surface area contributed by atoms with Crippen molar-refractivity contribution in [1.29, 1.82) is 0 Å². The fraction of sp³-hybridized carbons (Fsp3) is 1.00. The summed E-state index contributed by atoms with van der Waals surface area (Å²) in [5, 5.41) is 93.6. The third-order valence-electron chi connectivity index (χ3n) is 3.65. The number of hydrogen-bond donors (Lipinski definition) is 10. The second-order valence-electron chi connectivity index (χ2n) is 5.82. The highest BCUT2D eigenvalue weighted by Crippen LogP contribution is 2.09. The lowest BCUT2D eigenvalue weighted by molar-refractivity contribution is -0.128. The molecule has 0 aliphatic carbocycles. The van der Waals surface area contributed by atoms with Crippen LogP contribution in [0.3, 0.4) is 0 Å². The van der Waals surface area contributed by atoms with Crippen molar-refractivity contribution in [2.45, 2.75) is 48.8 Å². The minimum absolute atomic E-state index is 0.279. The van der Waals surface area contributed by atoms with Crippen LogP contribution < -0.4 is 0 Å². The Labute approximate surface area is 139 Å². The van der Waals surface area contributed by atoms with Crippen LogP contribution in [0.2, 0.25) is 0 Å². The third-order valence-corrected chi connectivity index (χ3v) is 3.65. The highest BCUT2D eigenvalue weighted by atomic mass is 16.4. The van der Waals surface area contributed by atoms with E-state index in [-0.39, 0.29) is 13.1 Å². The molecule has 0 saturated carbocycles. The van der Waals surface area contributed by atoms with Gasteiger partial charge in [0.2, 0.25) is 0 Å². The number of rotatable bonds is 12. The van der Waals surface area contributed by atoms with Gasteiger partial charge < -0.3 is 56.0 Å². The highest BCUT2D eigenvalue weighted by molar-refractivity contribution is 4.85. The van der Waals surface area contributed by atoms with E-state index in [2.05, 4.69) is 0 Å². The zero-order valence-corrected chi connectivity index (χ0v) is 13.4. The average Bonchev–Trinajstić information content (AvgIpc) is 2.56. The van der Waals surface area contributed by atoms with E-state index < -0.39 is 62.0 Å². The zero-order chi connectivity index (χ0) is 19.0. The fourth-order valence-electron chi connectivity index (χ4n) is 2.06. The molecule has 0 rings (SSSR count). The van der Waals surface area contributed by atoms with Crippen molar-refractivity contribution in [2.75, 3.05) is 33.4 Å². The Morgan fingerprint density at radius 3 is 1.04 bits per heavy atom. The molecule has 0 aliphatic rings. The van der Waals surface area contributed by atoms with Crippen molar-refractivity contribution in [1.82, 2.24) is 4.90 Å². The van der Waals surface area contributed by atoms with Crippen LogP contribution in [0.4, 0.5) is 0 Å². The van der Waals surface area contributed by atoms with Crippen molar-refractivity contribution < 1.29 is 51.1 Å². The number of nitrogens with zero attached hydrogens (tertiary/aromatic N) is 1. The quantitative estimate of drug-likeness (QED) is 0.159. The molecule has 8 atom stereocenters. The first-order valence-corrected chi connectivity index (χ1v) is 7.41. The van der Waals surface area contributed by atoms with E-state index in [0.29, 0.717) is 0 Å². The summed E-state index contributed by atoms with van der Waals surface area (Å²) in [6, 6.07) is 0. The molecular formula is C13H29NO10. The van der Waals surface area contributed by atoms with Crippen molar-refractivity contribution in [2.24, 2.45) is 0 Å². The summed E-state index contributed by atoms with van der Waals surface area (Å²) in [6.45, 7) is -2.18. The van der Waals surface area contributed by atoms with E-state index in [0.717, 1.165) is 0 Å². The molecule has 0 fully saturated rings. The summed E-state index contributed by atoms with van der Waals surface area (Å²) in [5.41, 5.74) is 0. The molecule has 0 heterocycles. The topological polar surface area (TPSA) is 206 Å². The van der Waals surface area contributed by atoms with Crippen molar-refractivity contribution >= 4 is 0 Å². The molecular weight excluding hydrogens is 330 g/mol. The second kappa shape index (κ2) is 11.2. The van der Waals surface area contributed by atoms with Gasteiger partial charge in [0, 0.05) is 13.1 Å². The molecule has 24 heavy (non-hydrogen) atoms. The molecule has 0 bridgehead atoms. The van der Waals surface area contributed by atoms with E-state index in [1.807, 2.05) is 0 Å². The summed E-state index contributed by atoms with van der Waals surface area (Å²) in [7, 11) is 1.40. The second-order valence-corrected chi connectivity index (χ2v) is 5.82. The Bertz CT molecular complexity index is 306. The molecule has 11 heteroatoms. The molecule has 10 N–H and O–H groups in total. The summed E-state index contributed by atoms with van der Waals surface area (Å²) in [5.74, 6) is 0. The van der Waals surface area contributed by atoms with Crippen molar-refractivity contribution in [3.05, 3.63) is 0 Å². The minimum atomic E-state index is -1.78. The molecule has 8 unspecified atom stereocenters. The maximum atomic E-state index is 9.78. The Morgan fingerprint density at radius 2 is 0.792 bits per heavy atom. The standard InChI is InChI=1S/C13H29NO10/c1-14(2-6(17)10(21)12(23)8(19)4-15)3-7(18)11(22)13(24)9(20)5-16/h6-13,15-24H,2-5H2,1H3. The maximum Gasteiger partial charge on any atom is 0.111 e. The summed E-state index contributed by atoms with van der Waals surface area (Å²) in [4.78, 5) is 1.26. The first kappa shape index (κ1) is 23.6. The van der Waals surface area contributed by atoms with E-state index >= 15 is 0 Å². The van der Waals surface area contributed by atoms with Gasteiger partial charge in [0.1, 0.15) is 36.6 Å². The van der Waals surface area contributed by atoms with Crippen LogP contribution in [0, 0.1) is 0 Å². The predicted molar refractivity (Wildman–Crippen MR) is 79.7 cm³/mol. The molecule has 0 aliphatic heterocycles. The van der Waals surface area contributed by atoms with Crippen molar-refractivity contribution in [3.8, 4) is 0 Å². The lowest BCUT2D eigenvalue weighted by Gasteiger charge is -2.31. The molecule has 11 nitrogen and oxygen atoms in total. The number of hydrogen-bond acceptors (Lipinski definition) is 11. The SMILES string of the molecule is CN(CC(O)C(O)C(O)C(O)CO)CC(O)C(O)C(O)C(O)CO. The minimum Gasteiger partial charge on any atom is -0.394 e. The van der Waals surface area contributed by atoms with Gasteiger partial charge in [-0.25, -0.2) is 0 Å². The Hall–Kier alpha value is -0.440. The normalized spacial score (nSPS) is 22.5. The van der Waals surface area contributed by atoms with Crippen LogP contribution in [-0.2, 0) is 0 Å². The average molecular weight is 359 g/mol. The summed E-state index contributed by atoms with van der Waals surface area (Å²) < 4.78 is 0. The van der Waals surface area contributed by atoms with Crippen LogP contribution in [0.1, 0.15) is 0 Å². The molecule has 146 valence electrons. The smallest absolute Gasteiger partial charge is 0.111 e. The Kier molecular flexibility index (Phi) is 11.0. The molecule has 0 amide bonds. The lowest BCUT2D eigenvalue weighted by Crippen LogP contribution is -2.52. The van der Waals surface area contributed by atoms with Gasteiger partial charge in [-0.3, -0.25) is 0 Å². The molecule has 0 aromatic heterocycles. The van der Waals surface area contributed by atoms with Gasteiger partial charge in [-0.1, -0.05) is 0 Å². The van der Waals surface area contributed by atoms with E-state index in [1.165, 1.54) is 11.9 Å². The van der Waals surface area contributed by atoms with E-state index in [4.69, 9.17) is 10.2 Å². The van der Waals surface area contributed by atoms with Gasteiger partial charge in [0.05, 0.1) is 25.4 Å². The van der Waals surface area contributed by atoms with Crippen LogP contribution in [-0.4, -0.2) is 138 Å². The highest BCUT2D eigenvalue weighted by Gasteiger charge is 2.33. The van der Waals surface area contributed by atoms with E-state index in [1.54, 1.807) is 0 Å². The first-order chi connectivity index (χ1) is 11.1. The number of likely N-dealkylation sites (N-methyl/N-ethyl adjacent to an activating group) is 1. The van der Waals surface area contributed by atoms with Gasteiger partial charge in [-0.05, 0) is 7.05 Å². The van der Waals surface area contributed by atoms with Crippen LogP contribution >= 0.6 is 0 Å². The Morgan fingerprint density at radius 1 is 0.542 bits per heavy atom. The molecule has 0 aromatic rings. The lowest BCUT2D eigenvalue weighted by atomic mass is 10.0. The number of aliphatic hydroxyl groups is 10. The fourth-order valence-corrected chi connectivity index (χ4v) is 2.06. The van der Waals surface area contributed by atoms with Gasteiger partial charge in [-0.15, -0.1) is 0 Å².